The van der Waals surface area contributed by atoms with Gasteiger partial charge in [0.2, 0.25) is 0 Å². The van der Waals surface area contributed by atoms with Crippen molar-refractivity contribution in [1.29, 1.82) is 0 Å². The highest BCUT2D eigenvalue weighted by Crippen LogP contribution is 2.39. The molecule has 0 radical (unpaired) electrons. The van der Waals surface area contributed by atoms with Crippen LogP contribution in [0.25, 0.3) is 0 Å². The molecule has 24 heavy (non-hydrogen) atoms. The van der Waals surface area contributed by atoms with Crippen LogP contribution in [0.4, 0.5) is 13.2 Å². The number of methoxy groups -OCH3 is 2. The Kier molecular flexibility index (Phi) is 9.80. The quantitative estimate of drug-likeness (QED) is 0.834. The molecule has 0 aliphatic carbocycles. The second-order valence-corrected chi connectivity index (χ2v) is 5.23. The Balaban J connectivity index is 0.00000264. The van der Waals surface area contributed by atoms with Gasteiger partial charge in [-0.1, -0.05) is 0 Å². The lowest BCUT2D eigenvalue weighted by Crippen LogP contribution is -2.46. The monoisotopic (exact) mass is 390 g/mol. The van der Waals surface area contributed by atoms with Gasteiger partial charge in [-0.15, -0.1) is 24.8 Å². The highest BCUT2D eigenvalue weighted by molar-refractivity contribution is 5.85. The van der Waals surface area contributed by atoms with Crippen molar-refractivity contribution in [2.45, 2.75) is 18.6 Å². The molecule has 140 valence electrons. The summed E-state index contributed by atoms with van der Waals surface area (Å²) >= 11 is 0. The zero-order valence-corrected chi connectivity index (χ0v) is 15.2. The van der Waals surface area contributed by atoms with E-state index in [0.717, 1.165) is 0 Å². The Hall–Kier alpha value is -0.890. The molecule has 1 heterocycles. The largest absolute Gasteiger partial charge is 0.497 e. The van der Waals surface area contributed by atoms with Crippen molar-refractivity contribution < 1.29 is 22.6 Å². The smallest absolute Gasteiger partial charge is 0.390 e. The number of nitrogens with one attached hydrogen (secondary N) is 1. The molecule has 0 spiro atoms. The van der Waals surface area contributed by atoms with Crippen LogP contribution in [-0.2, 0) is 0 Å². The second-order valence-electron chi connectivity index (χ2n) is 5.23. The van der Waals surface area contributed by atoms with E-state index < -0.39 is 18.6 Å². The summed E-state index contributed by atoms with van der Waals surface area (Å²) in [6, 6.07) is 4.20. The van der Waals surface area contributed by atoms with Crippen LogP contribution in [0.1, 0.15) is 18.0 Å². The Morgan fingerprint density at radius 1 is 1.12 bits per heavy atom. The molecule has 1 aromatic carbocycles. The van der Waals surface area contributed by atoms with E-state index in [1.54, 1.807) is 18.2 Å². The molecule has 4 nitrogen and oxygen atoms in total. The van der Waals surface area contributed by atoms with Gasteiger partial charge in [-0.25, -0.2) is 0 Å². The third kappa shape index (κ3) is 6.20. The van der Waals surface area contributed by atoms with Crippen LogP contribution in [0.2, 0.25) is 0 Å². The first kappa shape index (κ1) is 23.1. The summed E-state index contributed by atoms with van der Waals surface area (Å²) in [5, 5.41) is 3.16. The lowest BCUT2D eigenvalue weighted by Gasteiger charge is -2.36. The van der Waals surface area contributed by atoms with Crippen LogP contribution in [0.5, 0.6) is 11.5 Å². The number of benzene rings is 1. The van der Waals surface area contributed by atoms with E-state index in [-0.39, 0.29) is 24.8 Å². The van der Waals surface area contributed by atoms with Crippen LogP contribution in [0.3, 0.4) is 0 Å². The van der Waals surface area contributed by atoms with E-state index in [9.17, 15) is 13.2 Å². The SMILES string of the molecule is COc1ccc(OC)c([C@H](CC(F)(F)F)N2CCNCC2)c1.Cl.Cl. The van der Waals surface area contributed by atoms with E-state index in [0.29, 0.717) is 43.2 Å². The molecule has 9 heteroatoms. The number of hydrogen-bond donors (Lipinski definition) is 1. The summed E-state index contributed by atoms with van der Waals surface area (Å²) in [5.41, 5.74) is 0.515. The van der Waals surface area contributed by atoms with Crippen LogP contribution in [0.15, 0.2) is 18.2 Å². The van der Waals surface area contributed by atoms with Gasteiger partial charge in [-0.2, -0.15) is 13.2 Å². The maximum absolute atomic E-state index is 13.1. The number of hydrogen-bond acceptors (Lipinski definition) is 4. The van der Waals surface area contributed by atoms with Crippen LogP contribution >= 0.6 is 24.8 Å². The predicted molar refractivity (Wildman–Crippen MR) is 91.9 cm³/mol. The van der Waals surface area contributed by atoms with Crippen LogP contribution in [-0.4, -0.2) is 51.5 Å². The third-order valence-corrected chi connectivity index (χ3v) is 3.81. The average Bonchev–Trinajstić information content (AvgIpc) is 2.52. The molecule has 1 N–H and O–H groups in total. The zero-order chi connectivity index (χ0) is 16.2. The van der Waals surface area contributed by atoms with Crippen molar-refractivity contribution in [1.82, 2.24) is 10.2 Å². The molecule has 0 bridgehead atoms. The first-order valence-electron chi connectivity index (χ1n) is 7.18. The molecule has 0 saturated carbocycles. The topological polar surface area (TPSA) is 33.7 Å². The number of alkyl halides is 3. The first-order valence-corrected chi connectivity index (χ1v) is 7.18. The second kappa shape index (κ2) is 10.2. The fourth-order valence-corrected chi connectivity index (χ4v) is 2.75. The van der Waals surface area contributed by atoms with Gasteiger partial charge in [-0.05, 0) is 18.2 Å². The molecule has 1 fully saturated rings. The maximum atomic E-state index is 13.1. The molecule has 0 aromatic heterocycles. The number of nitrogens with zero attached hydrogens (tertiary/aromatic N) is 1. The Labute approximate surface area is 152 Å². The lowest BCUT2D eigenvalue weighted by atomic mass is 9.99. The van der Waals surface area contributed by atoms with Gasteiger partial charge in [0.15, 0.2) is 0 Å². The standard InChI is InChI=1S/C15H21F3N2O2.2ClH/c1-21-11-3-4-14(22-2)12(9-11)13(10-15(16,17)18)20-7-5-19-6-8-20;;/h3-4,9,13,19H,5-8,10H2,1-2H3;2*1H/t13-;;/m0../s1. The maximum Gasteiger partial charge on any atom is 0.390 e. The van der Waals surface area contributed by atoms with E-state index in [1.807, 2.05) is 4.90 Å². The Morgan fingerprint density at radius 3 is 2.25 bits per heavy atom. The summed E-state index contributed by atoms with van der Waals surface area (Å²) in [5.74, 6) is 0.978. The van der Waals surface area contributed by atoms with Gasteiger partial charge in [-0.3, -0.25) is 4.90 Å². The van der Waals surface area contributed by atoms with Gasteiger partial charge < -0.3 is 14.8 Å². The molecular formula is C15H23Cl2F3N2O2. The van der Waals surface area contributed by atoms with Crippen LogP contribution in [0, 0.1) is 0 Å². The van der Waals surface area contributed by atoms with E-state index in [2.05, 4.69) is 5.32 Å². The van der Waals surface area contributed by atoms with E-state index in [1.165, 1.54) is 14.2 Å². The Bertz CT molecular complexity index is 498. The highest BCUT2D eigenvalue weighted by atomic mass is 35.5. The van der Waals surface area contributed by atoms with Gasteiger partial charge >= 0.3 is 6.18 Å². The van der Waals surface area contributed by atoms with Crippen molar-refractivity contribution in [3.05, 3.63) is 23.8 Å². The normalized spacial score (nSPS) is 16.5. The zero-order valence-electron chi connectivity index (χ0n) is 13.6. The van der Waals surface area contributed by atoms with Gasteiger partial charge in [0, 0.05) is 37.8 Å². The van der Waals surface area contributed by atoms with Crippen molar-refractivity contribution in [2.24, 2.45) is 0 Å². The molecule has 1 aliphatic heterocycles. The summed E-state index contributed by atoms with van der Waals surface area (Å²) in [6.07, 6.45) is -5.15. The minimum absolute atomic E-state index is 0. The van der Waals surface area contributed by atoms with E-state index in [4.69, 9.17) is 9.47 Å². The fraction of sp³-hybridized carbons (Fsp3) is 0.600. The number of halogens is 5. The molecule has 1 aliphatic rings. The first-order chi connectivity index (χ1) is 10.4. The van der Waals surface area contributed by atoms with Crippen LogP contribution < -0.4 is 14.8 Å². The minimum atomic E-state index is -4.25. The van der Waals surface area contributed by atoms with Crippen molar-refractivity contribution in [3.8, 4) is 11.5 Å². The van der Waals surface area contributed by atoms with Gasteiger partial charge in [0.05, 0.1) is 20.6 Å². The van der Waals surface area contributed by atoms with Gasteiger partial charge in [0.1, 0.15) is 11.5 Å². The van der Waals surface area contributed by atoms with Crippen molar-refractivity contribution in [3.63, 3.8) is 0 Å². The molecule has 1 aromatic rings. The summed E-state index contributed by atoms with van der Waals surface area (Å²) < 4.78 is 49.6. The van der Waals surface area contributed by atoms with E-state index >= 15 is 0 Å². The lowest BCUT2D eigenvalue weighted by molar-refractivity contribution is -0.148. The summed E-state index contributed by atoms with van der Waals surface area (Å²) in [7, 11) is 2.96. The van der Waals surface area contributed by atoms with Gasteiger partial charge in [0.25, 0.3) is 0 Å². The predicted octanol–water partition coefficient (Wildman–Crippen LogP) is 3.45. The summed E-state index contributed by atoms with van der Waals surface area (Å²) in [6.45, 7) is 2.50. The third-order valence-electron chi connectivity index (χ3n) is 3.81. The molecule has 1 saturated heterocycles. The molecule has 0 amide bonds. The van der Waals surface area contributed by atoms with Crippen molar-refractivity contribution >= 4 is 24.8 Å². The number of piperazine rings is 1. The Morgan fingerprint density at radius 2 is 1.75 bits per heavy atom. The fourth-order valence-electron chi connectivity index (χ4n) is 2.75. The minimum Gasteiger partial charge on any atom is -0.497 e. The summed E-state index contributed by atoms with van der Waals surface area (Å²) in [4.78, 5) is 1.85. The molecular weight excluding hydrogens is 368 g/mol. The highest BCUT2D eigenvalue weighted by Gasteiger charge is 2.37. The number of ether oxygens (including phenoxy) is 2. The van der Waals surface area contributed by atoms with Crippen molar-refractivity contribution in [2.75, 3.05) is 40.4 Å². The molecule has 0 unspecified atom stereocenters. The molecule has 2 rings (SSSR count). The number of rotatable bonds is 5. The average molecular weight is 391 g/mol. The molecule has 1 atom stereocenters.